The molecule has 3 rings (SSSR count). The van der Waals surface area contributed by atoms with Crippen LogP contribution in [0.1, 0.15) is 115 Å². The zero-order valence-corrected chi connectivity index (χ0v) is 26.8. The molecule has 2 aromatic rings. The van der Waals surface area contributed by atoms with Crippen molar-refractivity contribution < 1.29 is 28.0 Å². The van der Waals surface area contributed by atoms with Crippen LogP contribution in [0.4, 0.5) is 0 Å². The van der Waals surface area contributed by atoms with E-state index in [0.717, 1.165) is 19.3 Å². The highest BCUT2D eigenvalue weighted by molar-refractivity contribution is 7.48. The molecule has 0 bridgehead atoms. The largest absolute Gasteiger partial charge is 0.530 e. The summed E-state index contributed by atoms with van der Waals surface area (Å²) in [6.45, 7) is 3.78. The van der Waals surface area contributed by atoms with Gasteiger partial charge < -0.3 is 14.4 Å². The number of rotatable bonds is 22. The van der Waals surface area contributed by atoms with E-state index in [0.29, 0.717) is 11.3 Å². The molecule has 4 atom stereocenters. The lowest BCUT2D eigenvalue weighted by Gasteiger charge is -2.21. The molecule has 1 saturated heterocycles. The third-order valence-corrected chi connectivity index (χ3v) is 9.16. The van der Waals surface area contributed by atoms with Gasteiger partial charge in [0.2, 0.25) is 0 Å². The van der Waals surface area contributed by atoms with Gasteiger partial charge in [0.15, 0.2) is 0 Å². The first-order valence-corrected chi connectivity index (χ1v) is 17.6. The molecule has 1 aliphatic heterocycles. The van der Waals surface area contributed by atoms with Gasteiger partial charge in [0.25, 0.3) is 5.56 Å². The number of ether oxygens (including phenoxy) is 1. The number of H-pyrrole nitrogens is 1. The fraction of sp³-hybridized carbons (Fsp3) is 0.688. The van der Waals surface area contributed by atoms with E-state index in [1.807, 2.05) is 6.07 Å². The maximum absolute atomic E-state index is 13.6. The Kier molecular flexibility index (Phi) is 15.8. The molecule has 43 heavy (non-hydrogen) atoms. The fourth-order valence-corrected chi connectivity index (χ4v) is 6.42. The van der Waals surface area contributed by atoms with Gasteiger partial charge in [-0.2, -0.15) is 0 Å². The Bertz CT molecular complexity index is 1220. The first-order valence-electron chi connectivity index (χ1n) is 16.1. The van der Waals surface area contributed by atoms with Crippen LogP contribution in [0, 0.1) is 6.92 Å². The number of phosphoric ester groups is 1. The second-order valence-corrected chi connectivity index (χ2v) is 13.1. The van der Waals surface area contributed by atoms with Crippen molar-refractivity contribution in [2.24, 2.45) is 0 Å². The van der Waals surface area contributed by atoms with Gasteiger partial charge in [0, 0.05) is 18.2 Å². The predicted molar refractivity (Wildman–Crippen MR) is 167 cm³/mol. The highest BCUT2D eigenvalue weighted by Gasteiger charge is 2.39. The van der Waals surface area contributed by atoms with Gasteiger partial charge in [-0.1, -0.05) is 109 Å². The molecule has 2 N–H and O–H groups in total. The molecule has 11 heteroatoms. The van der Waals surface area contributed by atoms with Gasteiger partial charge in [0.05, 0.1) is 19.3 Å². The van der Waals surface area contributed by atoms with Crippen LogP contribution in [0.15, 0.2) is 46.1 Å². The monoisotopic (exact) mass is 622 g/mol. The van der Waals surface area contributed by atoms with Crippen LogP contribution in [-0.4, -0.2) is 40.1 Å². The SMILES string of the molecule is CCCCCCCCCCCCCCCCOP(=O)(OCC1OC(n2cc(C)c(=O)[nH]c2=O)CC1O)Oc1ccccc1. The van der Waals surface area contributed by atoms with Gasteiger partial charge in [-0.25, -0.2) is 9.36 Å². The molecule has 0 radical (unpaired) electrons. The minimum absolute atomic E-state index is 0.100. The van der Waals surface area contributed by atoms with E-state index in [4.69, 9.17) is 18.3 Å². The van der Waals surface area contributed by atoms with Gasteiger partial charge in [-0.05, 0) is 25.5 Å². The molecule has 0 spiro atoms. The predicted octanol–water partition coefficient (Wildman–Crippen LogP) is 7.20. The lowest BCUT2D eigenvalue weighted by Crippen LogP contribution is -2.33. The molecule has 1 aliphatic rings. The highest BCUT2D eigenvalue weighted by Crippen LogP contribution is 2.50. The average Bonchev–Trinajstić information content (AvgIpc) is 3.36. The number of nitrogens with one attached hydrogen (secondary N) is 1. The molecule has 0 aliphatic carbocycles. The third-order valence-electron chi connectivity index (χ3n) is 7.76. The summed E-state index contributed by atoms with van der Waals surface area (Å²) in [5, 5.41) is 10.6. The van der Waals surface area contributed by atoms with E-state index in [-0.39, 0.29) is 19.6 Å². The Hall–Kier alpha value is -2.23. The molecule has 0 amide bonds. The Morgan fingerprint density at radius 2 is 1.49 bits per heavy atom. The van der Waals surface area contributed by atoms with Crippen LogP contribution < -0.4 is 15.8 Å². The minimum atomic E-state index is -4.03. The lowest BCUT2D eigenvalue weighted by molar-refractivity contribution is -0.0461. The van der Waals surface area contributed by atoms with Crippen LogP contribution in [-0.2, 0) is 18.3 Å². The topological polar surface area (TPSA) is 129 Å². The molecule has 1 aromatic heterocycles. The van der Waals surface area contributed by atoms with Gasteiger partial charge in [0.1, 0.15) is 18.1 Å². The maximum Gasteiger partial charge on any atom is 0.530 e. The standard InChI is InChI=1S/C32H51N2O8P/c1-3-4-5-6-7-8-9-10-11-12-13-14-15-19-22-39-43(38,42-27-20-17-16-18-21-27)40-25-29-28(35)23-30(41-29)34-24-26(2)31(36)33-32(34)37/h16-18,20-21,24,28-30,35H,3-15,19,22-23,25H2,1-2H3,(H,33,36,37). The molecule has 10 nitrogen and oxygen atoms in total. The molecular weight excluding hydrogens is 571 g/mol. The molecule has 0 saturated carbocycles. The van der Waals surface area contributed by atoms with E-state index < -0.39 is 37.5 Å². The number of aliphatic hydroxyl groups excluding tert-OH is 1. The number of para-hydroxylation sites is 1. The number of phosphoric acid groups is 1. The van der Waals surface area contributed by atoms with E-state index in [1.165, 1.54) is 81.4 Å². The van der Waals surface area contributed by atoms with E-state index in [1.54, 1.807) is 31.2 Å². The van der Waals surface area contributed by atoms with Crippen molar-refractivity contribution in [2.45, 2.75) is 129 Å². The summed E-state index contributed by atoms with van der Waals surface area (Å²) in [5.74, 6) is 0.341. The smallest absolute Gasteiger partial charge is 0.404 e. The number of nitrogens with zero attached hydrogens (tertiary/aromatic N) is 1. The van der Waals surface area contributed by atoms with Crippen LogP contribution in [0.5, 0.6) is 5.75 Å². The molecule has 1 fully saturated rings. The summed E-state index contributed by atoms with van der Waals surface area (Å²) in [7, 11) is -4.03. The first-order chi connectivity index (χ1) is 20.8. The number of aromatic nitrogens is 2. The van der Waals surface area contributed by atoms with Crippen LogP contribution in [0.3, 0.4) is 0 Å². The van der Waals surface area contributed by atoms with E-state index in [2.05, 4.69) is 11.9 Å². The van der Waals surface area contributed by atoms with Crippen molar-refractivity contribution in [3.05, 3.63) is 62.9 Å². The van der Waals surface area contributed by atoms with Crippen LogP contribution >= 0.6 is 7.82 Å². The van der Waals surface area contributed by atoms with Crippen molar-refractivity contribution >= 4 is 7.82 Å². The van der Waals surface area contributed by atoms with Gasteiger partial charge in [-0.15, -0.1) is 0 Å². The fourth-order valence-electron chi connectivity index (χ4n) is 5.17. The zero-order chi connectivity index (χ0) is 30.9. The number of hydrogen-bond donors (Lipinski definition) is 2. The summed E-state index contributed by atoms with van der Waals surface area (Å²) < 4.78 is 37.6. The van der Waals surface area contributed by atoms with Gasteiger partial charge >= 0.3 is 13.5 Å². The van der Waals surface area contributed by atoms with Crippen LogP contribution in [0.2, 0.25) is 0 Å². The van der Waals surface area contributed by atoms with Crippen molar-refractivity contribution in [3.8, 4) is 5.75 Å². The lowest BCUT2D eigenvalue weighted by atomic mass is 10.0. The van der Waals surface area contributed by atoms with Crippen molar-refractivity contribution in [1.29, 1.82) is 0 Å². The Morgan fingerprint density at radius 1 is 0.907 bits per heavy atom. The quantitative estimate of drug-likeness (QED) is 0.104. The maximum atomic E-state index is 13.6. The normalized spacial score (nSPS) is 19.8. The Labute approximate surface area is 255 Å². The van der Waals surface area contributed by atoms with Crippen molar-refractivity contribution in [2.75, 3.05) is 13.2 Å². The second kappa shape index (κ2) is 19.2. The van der Waals surface area contributed by atoms with Crippen molar-refractivity contribution in [3.63, 3.8) is 0 Å². The molecule has 242 valence electrons. The van der Waals surface area contributed by atoms with Crippen LogP contribution in [0.25, 0.3) is 0 Å². The number of hydrogen-bond acceptors (Lipinski definition) is 8. The first kappa shape index (κ1) is 35.3. The number of benzene rings is 1. The summed E-state index contributed by atoms with van der Waals surface area (Å²) in [6.07, 6.45) is 16.1. The summed E-state index contributed by atoms with van der Waals surface area (Å²) in [4.78, 5) is 26.2. The minimum Gasteiger partial charge on any atom is -0.404 e. The number of unbranched alkanes of at least 4 members (excludes halogenated alkanes) is 13. The third kappa shape index (κ3) is 12.7. The highest BCUT2D eigenvalue weighted by atomic mass is 31.2. The zero-order valence-electron chi connectivity index (χ0n) is 25.9. The van der Waals surface area contributed by atoms with E-state index >= 15 is 0 Å². The Balaban J connectivity index is 1.39. The second-order valence-electron chi connectivity index (χ2n) is 11.5. The van der Waals surface area contributed by atoms with E-state index in [9.17, 15) is 19.3 Å². The number of aliphatic hydroxyl groups is 1. The molecule has 1 aromatic carbocycles. The summed E-state index contributed by atoms with van der Waals surface area (Å²) in [6, 6.07) is 8.65. The number of aromatic amines is 1. The molecule has 2 heterocycles. The van der Waals surface area contributed by atoms with Crippen molar-refractivity contribution in [1.82, 2.24) is 9.55 Å². The van der Waals surface area contributed by atoms with Gasteiger partial charge in [-0.3, -0.25) is 23.4 Å². The summed E-state index contributed by atoms with van der Waals surface area (Å²) >= 11 is 0. The molecular formula is C32H51N2O8P. The average molecular weight is 623 g/mol. The Morgan fingerprint density at radius 3 is 2.09 bits per heavy atom. The number of aryl methyl sites for hydroxylation is 1. The molecule has 4 unspecified atom stereocenters. The summed E-state index contributed by atoms with van der Waals surface area (Å²) in [5.41, 5.74) is -0.770.